The van der Waals surface area contributed by atoms with Crippen molar-refractivity contribution in [1.29, 1.82) is 0 Å². The van der Waals surface area contributed by atoms with Crippen molar-refractivity contribution < 1.29 is 9.32 Å². The summed E-state index contributed by atoms with van der Waals surface area (Å²) in [5.41, 5.74) is 2.00. The van der Waals surface area contributed by atoms with E-state index in [4.69, 9.17) is 4.52 Å². The standard InChI is InChI=1S/C15H12N4O2/c20-12(13-5-6-17-21-13)9-14-18-11-4-2-1-3-10(11)15-16-7-8-19(14)15/h1-6,9,18H,7-8H2. The first kappa shape index (κ1) is 11.9. The molecule has 0 bridgehead atoms. The van der Waals surface area contributed by atoms with Crippen LogP contribution in [-0.2, 0) is 0 Å². The van der Waals surface area contributed by atoms with Crippen LogP contribution in [0.1, 0.15) is 16.1 Å². The monoisotopic (exact) mass is 280 g/mol. The van der Waals surface area contributed by atoms with Crippen molar-refractivity contribution in [3.05, 3.63) is 59.7 Å². The predicted molar refractivity (Wildman–Crippen MR) is 77.1 cm³/mol. The molecular weight excluding hydrogens is 268 g/mol. The molecule has 2 aromatic rings. The van der Waals surface area contributed by atoms with E-state index in [1.807, 2.05) is 29.2 Å². The molecule has 1 aromatic heterocycles. The SMILES string of the molecule is O=C(C=C1Nc2ccccc2C2=NCCN12)c1ccno1. The zero-order chi connectivity index (χ0) is 14.2. The molecular formula is C15H12N4O2. The minimum Gasteiger partial charge on any atom is -0.353 e. The third-order valence-corrected chi connectivity index (χ3v) is 3.51. The number of benzene rings is 1. The molecule has 0 spiro atoms. The second kappa shape index (κ2) is 4.59. The normalized spacial score (nSPS) is 18.0. The third-order valence-electron chi connectivity index (χ3n) is 3.51. The van der Waals surface area contributed by atoms with Crippen molar-refractivity contribution in [1.82, 2.24) is 10.1 Å². The Morgan fingerprint density at radius 1 is 1.33 bits per heavy atom. The summed E-state index contributed by atoms with van der Waals surface area (Å²) in [6, 6.07) is 9.48. The third kappa shape index (κ3) is 1.92. The topological polar surface area (TPSA) is 70.7 Å². The quantitative estimate of drug-likeness (QED) is 0.672. The molecule has 3 heterocycles. The van der Waals surface area contributed by atoms with E-state index in [2.05, 4.69) is 15.5 Å². The van der Waals surface area contributed by atoms with Gasteiger partial charge < -0.3 is 14.7 Å². The first-order valence-corrected chi connectivity index (χ1v) is 6.68. The van der Waals surface area contributed by atoms with Crippen LogP contribution in [0.2, 0.25) is 0 Å². The van der Waals surface area contributed by atoms with Crippen LogP contribution in [0.4, 0.5) is 5.69 Å². The lowest BCUT2D eigenvalue weighted by Crippen LogP contribution is -2.36. The van der Waals surface area contributed by atoms with Gasteiger partial charge in [-0.3, -0.25) is 9.79 Å². The van der Waals surface area contributed by atoms with Crippen molar-refractivity contribution in [3.8, 4) is 0 Å². The lowest BCUT2D eigenvalue weighted by atomic mass is 10.1. The van der Waals surface area contributed by atoms with Crippen LogP contribution in [0.5, 0.6) is 0 Å². The van der Waals surface area contributed by atoms with Crippen LogP contribution in [0.15, 0.2) is 57.9 Å². The van der Waals surface area contributed by atoms with E-state index in [9.17, 15) is 4.79 Å². The lowest BCUT2D eigenvalue weighted by molar-refractivity contribution is 0.101. The van der Waals surface area contributed by atoms with Gasteiger partial charge in [-0.25, -0.2) is 0 Å². The highest BCUT2D eigenvalue weighted by Gasteiger charge is 2.29. The molecule has 2 aliphatic heterocycles. The Bertz CT molecular complexity index is 762. The number of hydrogen-bond donors (Lipinski definition) is 1. The van der Waals surface area contributed by atoms with Gasteiger partial charge in [0.15, 0.2) is 0 Å². The van der Waals surface area contributed by atoms with Crippen LogP contribution in [0.25, 0.3) is 0 Å². The van der Waals surface area contributed by atoms with Crippen molar-refractivity contribution in [2.75, 3.05) is 18.4 Å². The molecule has 0 amide bonds. The van der Waals surface area contributed by atoms with Crippen LogP contribution >= 0.6 is 0 Å². The maximum atomic E-state index is 12.2. The van der Waals surface area contributed by atoms with Crippen LogP contribution in [0, 0.1) is 0 Å². The average Bonchev–Trinajstić information content (AvgIpc) is 3.19. The number of hydrogen-bond acceptors (Lipinski definition) is 6. The molecule has 0 aliphatic carbocycles. The second-order valence-electron chi connectivity index (χ2n) is 4.80. The fourth-order valence-corrected chi connectivity index (χ4v) is 2.56. The largest absolute Gasteiger partial charge is 0.353 e. The molecule has 0 saturated carbocycles. The first-order chi connectivity index (χ1) is 10.3. The zero-order valence-corrected chi connectivity index (χ0v) is 11.1. The van der Waals surface area contributed by atoms with E-state index in [0.29, 0.717) is 5.82 Å². The summed E-state index contributed by atoms with van der Waals surface area (Å²) >= 11 is 0. The Morgan fingerprint density at radius 2 is 2.24 bits per heavy atom. The van der Waals surface area contributed by atoms with Crippen molar-refractivity contribution >= 4 is 17.3 Å². The molecule has 0 saturated heterocycles. The summed E-state index contributed by atoms with van der Waals surface area (Å²) in [4.78, 5) is 18.7. The number of aromatic nitrogens is 1. The van der Waals surface area contributed by atoms with Gasteiger partial charge in [-0.1, -0.05) is 17.3 Å². The number of allylic oxidation sites excluding steroid dienone is 1. The maximum absolute atomic E-state index is 12.2. The summed E-state index contributed by atoms with van der Waals surface area (Å²) in [5, 5.41) is 6.84. The zero-order valence-electron chi connectivity index (χ0n) is 11.1. The molecule has 0 unspecified atom stereocenters. The van der Waals surface area contributed by atoms with Gasteiger partial charge in [-0.05, 0) is 12.1 Å². The summed E-state index contributed by atoms with van der Waals surface area (Å²) in [7, 11) is 0. The Labute approximate surface area is 120 Å². The van der Waals surface area contributed by atoms with Crippen LogP contribution in [-0.4, -0.2) is 34.8 Å². The number of fused-ring (bicyclic) bond motifs is 3. The minimum atomic E-state index is -0.222. The molecule has 104 valence electrons. The number of para-hydroxylation sites is 1. The van der Waals surface area contributed by atoms with Crippen LogP contribution < -0.4 is 5.32 Å². The molecule has 1 N–H and O–H groups in total. The average molecular weight is 280 g/mol. The Kier molecular flexibility index (Phi) is 2.60. The van der Waals surface area contributed by atoms with E-state index in [1.165, 1.54) is 12.3 Å². The number of ketones is 1. The van der Waals surface area contributed by atoms with E-state index in [0.717, 1.165) is 30.2 Å². The Morgan fingerprint density at radius 3 is 3.10 bits per heavy atom. The summed E-state index contributed by atoms with van der Waals surface area (Å²) in [5.74, 6) is 1.62. The molecule has 0 atom stereocenters. The maximum Gasteiger partial charge on any atom is 0.227 e. The number of carbonyl (C=O) groups excluding carboxylic acids is 1. The van der Waals surface area contributed by atoms with Gasteiger partial charge in [0.2, 0.25) is 11.5 Å². The van der Waals surface area contributed by atoms with Gasteiger partial charge in [-0.2, -0.15) is 0 Å². The summed E-state index contributed by atoms with van der Waals surface area (Å²) in [6.07, 6.45) is 2.98. The number of aliphatic imine (C=N–C) groups is 1. The van der Waals surface area contributed by atoms with Crippen molar-refractivity contribution in [3.63, 3.8) is 0 Å². The highest BCUT2D eigenvalue weighted by molar-refractivity contribution is 6.09. The highest BCUT2D eigenvalue weighted by Crippen LogP contribution is 2.29. The number of rotatable bonds is 2. The van der Waals surface area contributed by atoms with Crippen molar-refractivity contribution in [2.45, 2.75) is 0 Å². The molecule has 0 fully saturated rings. The van der Waals surface area contributed by atoms with Gasteiger partial charge in [0, 0.05) is 24.3 Å². The number of anilines is 1. The highest BCUT2D eigenvalue weighted by atomic mass is 16.5. The number of nitrogens with zero attached hydrogens (tertiary/aromatic N) is 3. The number of amidine groups is 1. The van der Waals surface area contributed by atoms with Crippen LogP contribution in [0.3, 0.4) is 0 Å². The van der Waals surface area contributed by atoms with Gasteiger partial charge in [0.05, 0.1) is 18.4 Å². The van der Waals surface area contributed by atoms with E-state index in [1.54, 1.807) is 6.07 Å². The van der Waals surface area contributed by atoms with Gasteiger partial charge in [0.1, 0.15) is 11.7 Å². The molecule has 4 rings (SSSR count). The van der Waals surface area contributed by atoms with Gasteiger partial charge >= 0.3 is 0 Å². The predicted octanol–water partition coefficient (Wildman–Crippen LogP) is 1.89. The minimum absolute atomic E-state index is 0.222. The first-order valence-electron chi connectivity index (χ1n) is 6.68. The Balaban J connectivity index is 1.75. The molecule has 2 aliphatic rings. The molecule has 6 nitrogen and oxygen atoms in total. The fraction of sp³-hybridized carbons (Fsp3) is 0.133. The molecule has 0 radical (unpaired) electrons. The molecule has 1 aromatic carbocycles. The number of carbonyl (C=O) groups is 1. The van der Waals surface area contributed by atoms with E-state index >= 15 is 0 Å². The van der Waals surface area contributed by atoms with E-state index < -0.39 is 0 Å². The lowest BCUT2D eigenvalue weighted by Gasteiger charge is -2.31. The fourth-order valence-electron chi connectivity index (χ4n) is 2.56. The summed E-state index contributed by atoms with van der Waals surface area (Å²) < 4.78 is 4.90. The van der Waals surface area contributed by atoms with E-state index in [-0.39, 0.29) is 11.5 Å². The molecule has 6 heteroatoms. The second-order valence-corrected chi connectivity index (χ2v) is 4.80. The van der Waals surface area contributed by atoms with Gasteiger partial charge in [-0.15, -0.1) is 0 Å². The molecule has 21 heavy (non-hydrogen) atoms. The smallest absolute Gasteiger partial charge is 0.227 e. The van der Waals surface area contributed by atoms with Crippen molar-refractivity contribution in [2.24, 2.45) is 4.99 Å². The van der Waals surface area contributed by atoms with Gasteiger partial charge in [0.25, 0.3) is 0 Å². The summed E-state index contributed by atoms with van der Waals surface area (Å²) in [6.45, 7) is 1.48. The Hall–Kier alpha value is -2.89. The number of nitrogens with one attached hydrogen (secondary N) is 1.